The lowest BCUT2D eigenvalue weighted by atomic mass is 10.3. The average molecular weight is 337 g/mol. The maximum Gasteiger partial charge on any atom is 0.270 e. The van der Waals surface area contributed by atoms with Crippen LogP contribution in [0, 0.1) is 10.1 Å². The Kier molecular flexibility index (Phi) is 4.86. The van der Waals surface area contributed by atoms with Crippen LogP contribution in [0.1, 0.15) is 5.82 Å². The Hall–Kier alpha value is -2.59. The van der Waals surface area contributed by atoms with E-state index in [0.717, 1.165) is 6.07 Å². The number of hydrogen-bond donors (Lipinski definition) is 1. The summed E-state index contributed by atoms with van der Waals surface area (Å²) in [6, 6.07) is 6.52. The first-order valence-electron chi connectivity index (χ1n) is 6.53. The SMILES string of the molecule is CN(C)c1ccnc(CNS(=O)(=O)c2cccc([N+](=O)[O-])c2)n1. The normalized spacial score (nSPS) is 11.2. The zero-order valence-corrected chi connectivity index (χ0v) is 13.3. The monoisotopic (exact) mass is 337 g/mol. The van der Waals surface area contributed by atoms with Gasteiger partial charge < -0.3 is 4.90 Å². The van der Waals surface area contributed by atoms with Gasteiger partial charge in [-0.05, 0) is 12.1 Å². The molecule has 0 unspecified atom stereocenters. The first-order valence-corrected chi connectivity index (χ1v) is 8.01. The number of rotatable bonds is 6. The van der Waals surface area contributed by atoms with E-state index in [0.29, 0.717) is 11.6 Å². The summed E-state index contributed by atoms with van der Waals surface area (Å²) in [6.45, 7) is -0.118. The Balaban J connectivity index is 2.17. The fraction of sp³-hybridized carbons (Fsp3) is 0.231. The molecule has 0 atom stereocenters. The molecule has 0 aliphatic heterocycles. The fourth-order valence-electron chi connectivity index (χ4n) is 1.73. The van der Waals surface area contributed by atoms with Gasteiger partial charge in [-0.3, -0.25) is 10.1 Å². The molecule has 0 radical (unpaired) electrons. The van der Waals surface area contributed by atoms with Gasteiger partial charge in [0, 0.05) is 32.4 Å². The molecule has 23 heavy (non-hydrogen) atoms. The highest BCUT2D eigenvalue weighted by Gasteiger charge is 2.18. The van der Waals surface area contributed by atoms with Crippen LogP contribution in [0.3, 0.4) is 0 Å². The van der Waals surface area contributed by atoms with Crippen LogP contribution in [0.15, 0.2) is 41.4 Å². The number of nitro groups is 1. The van der Waals surface area contributed by atoms with Gasteiger partial charge in [-0.2, -0.15) is 0 Å². The van der Waals surface area contributed by atoms with Crippen LogP contribution in [-0.2, 0) is 16.6 Å². The minimum Gasteiger partial charge on any atom is -0.363 e. The first kappa shape index (κ1) is 16.8. The van der Waals surface area contributed by atoms with E-state index in [1.807, 2.05) is 0 Å². The lowest BCUT2D eigenvalue weighted by Crippen LogP contribution is -2.25. The van der Waals surface area contributed by atoms with Crippen molar-refractivity contribution in [3.8, 4) is 0 Å². The Bertz CT molecular complexity index is 823. The highest BCUT2D eigenvalue weighted by Crippen LogP contribution is 2.17. The third-order valence-electron chi connectivity index (χ3n) is 2.91. The summed E-state index contributed by atoms with van der Waals surface area (Å²) < 4.78 is 26.7. The molecule has 2 aromatic rings. The predicted octanol–water partition coefficient (Wildman–Crippen LogP) is 0.929. The maximum absolute atomic E-state index is 12.2. The Morgan fingerprint density at radius 2 is 2.04 bits per heavy atom. The number of nitrogens with one attached hydrogen (secondary N) is 1. The van der Waals surface area contributed by atoms with E-state index in [1.165, 1.54) is 24.4 Å². The van der Waals surface area contributed by atoms with Crippen molar-refractivity contribution in [1.29, 1.82) is 0 Å². The molecular weight excluding hydrogens is 322 g/mol. The molecule has 0 bridgehead atoms. The average Bonchev–Trinajstić information content (AvgIpc) is 2.53. The number of sulfonamides is 1. The van der Waals surface area contributed by atoms with Crippen LogP contribution in [0.4, 0.5) is 11.5 Å². The van der Waals surface area contributed by atoms with Crippen molar-refractivity contribution in [2.75, 3.05) is 19.0 Å². The van der Waals surface area contributed by atoms with E-state index in [-0.39, 0.29) is 17.1 Å². The molecule has 0 spiro atoms. The maximum atomic E-state index is 12.2. The van der Waals surface area contributed by atoms with Crippen LogP contribution >= 0.6 is 0 Å². The van der Waals surface area contributed by atoms with Crippen molar-refractivity contribution in [2.45, 2.75) is 11.4 Å². The zero-order chi connectivity index (χ0) is 17.0. The summed E-state index contributed by atoms with van der Waals surface area (Å²) in [4.78, 5) is 19.8. The predicted molar refractivity (Wildman–Crippen MR) is 83.5 cm³/mol. The molecule has 0 saturated heterocycles. The van der Waals surface area contributed by atoms with Crippen molar-refractivity contribution in [2.24, 2.45) is 0 Å². The minimum absolute atomic E-state index is 0.118. The lowest BCUT2D eigenvalue weighted by molar-refractivity contribution is -0.385. The summed E-state index contributed by atoms with van der Waals surface area (Å²) in [5.74, 6) is 0.940. The quantitative estimate of drug-likeness (QED) is 0.615. The smallest absolute Gasteiger partial charge is 0.270 e. The van der Waals surface area contributed by atoms with E-state index < -0.39 is 14.9 Å². The molecule has 0 aliphatic carbocycles. The zero-order valence-electron chi connectivity index (χ0n) is 12.5. The third kappa shape index (κ3) is 4.20. The number of nitro benzene ring substituents is 1. The first-order chi connectivity index (χ1) is 10.8. The number of benzene rings is 1. The molecule has 1 aromatic carbocycles. The fourth-order valence-corrected chi connectivity index (χ4v) is 2.75. The lowest BCUT2D eigenvalue weighted by Gasteiger charge is -2.12. The van der Waals surface area contributed by atoms with Gasteiger partial charge in [-0.25, -0.2) is 23.1 Å². The standard InChI is InChI=1S/C13H15N5O4S/c1-17(2)13-6-7-14-12(16-13)9-15-23(21,22)11-5-3-4-10(8-11)18(19)20/h3-8,15H,9H2,1-2H3. The Labute approximate surface area is 133 Å². The van der Waals surface area contributed by atoms with Gasteiger partial charge >= 0.3 is 0 Å². The van der Waals surface area contributed by atoms with Crippen LogP contribution in [0.5, 0.6) is 0 Å². The Morgan fingerprint density at radius 3 is 2.70 bits per heavy atom. The van der Waals surface area contributed by atoms with Gasteiger partial charge in [-0.15, -0.1) is 0 Å². The van der Waals surface area contributed by atoms with Gasteiger partial charge in [0.05, 0.1) is 16.4 Å². The number of aromatic nitrogens is 2. The van der Waals surface area contributed by atoms with Gasteiger partial charge in [0.1, 0.15) is 11.6 Å². The summed E-state index contributed by atoms with van der Waals surface area (Å²) in [7, 11) is -0.286. The van der Waals surface area contributed by atoms with Crippen LogP contribution in [0.25, 0.3) is 0 Å². The number of nitrogens with zero attached hydrogens (tertiary/aromatic N) is 4. The van der Waals surface area contributed by atoms with E-state index >= 15 is 0 Å². The van der Waals surface area contributed by atoms with Crippen molar-refractivity contribution >= 4 is 21.5 Å². The van der Waals surface area contributed by atoms with E-state index in [4.69, 9.17) is 0 Å². The van der Waals surface area contributed by atoms with Crippen molar-refractivity contribution in [3.63, 3.8) is 0 Å². The highest BCUT2D eigenvalue weighted by atomic mass is 32.2. The van der Waals surface area contributed by atoms with Crippen LogP contribution in [-0.4, -0.2) is 37.4 Å². The highest BCUT2D eigenvalue weighted by molar-refractivity contribution is 7.89. The molecule has 0 aliphatic rings. The second-order valence-corrected chi connectivity index (χ2v) is 6.57. The summed E-state index contributed by atoms with van der Waals surface area (Å²) in [5, 5.41) is 10.7. The molecule has 1 aromatic heterocycles. The molecule has 9 nitrogen and oxygen atoms in total. The number of anilines is 1. The summed E-state index contributed by atoms with van der Waals surface area (Å²) >= 11 is 0. The second kappa shape index (κ2) is 6.67. The number of non-ortho nitro benzene ring substituents is 1. The second-order valence-electron chi connectivity index (χ2n) is 4.80. The molecule has 2 rings (SSSR count). The van der Waals surface area contributed by atoms with E-state index in [9.17, 15) is 18.5 Å². The third-order valence-corrected chi connectivity index (χ3v) is 4.31. The molecule has 1 N–H and O–H groups in total. The van der Waals surface area contributed by atoms with Crippen molar-refractivity contribution in [1.82, 2.24) is 14.7 Å². The van der Waals surface area contributed by atoms with Crippen LogP contribution < -0.4 is 9.62 Å². The molecule has 0 fully saturated rings. The molecule has 1 heterocycles. The Morgan fingerprint density at radius 1 is 1.30 bits per heavy atom. The summed E-state index contributed by atoms with van der Waals surface area (Å²) in [5.41, 5.74) is -0.293. The molecule has 122 valence electrons. The van der Waals surface area contributed by atoms with E-state index in [2.05, 4.69) is 14.7 Å². The molecular formula is C13H15N5O4S. The van der Waals surface area contributed by atoms with Crippen molar-refractivity contribution < 1.29 is 13.3 Å². The summed E-state index contributed by atoms with van der Waals surface area (Å²) in [6.07, 6.45) is 1.53. The topological polar surface area (TPSA) is 118 Å². The molecule has 0 amide bonds. The van der Waals surface area contributed by atoms with Gasteiger partial charge in [0.15, 0.2) is 0 Å². The minimum atomic E-state index is -3.90. The van der Waals surface area contributed by atoms with Gasteiger partial charge in [0.2, 0.25) is 10.0 Å². The van der Waals surface area contributed by atoms with E-state index in [1.54, 1.807) is 25.1 Å². The van der Waals surface area contributed by atoms with Crippen molar-refractivity contribution in [3.05, 3.63) is 52.5 Å². The molecule has 10 heteroatoms. The molecule has 0 saturated carbocycles. The van der Waals surface area contributed by atoms with Gasteiger partial charge in [0.25, 0.3) is 5.69 Å². The number of hydrogen-bond acceptors (Lipinski definition) is 7. The largest absolute Gasteiger partial charge is 0.363 e. The van der Waals surface area contributed by atoms with Crippen LogP contribution in [0.2, 0.25) is 0 Å². The van der Waals surface area contributed by atoms with Gasteiger partial charge in [-0.1, -0.05) is 6.07 Å².